The van der Waals surface area contributed by atoms with Crippen LogP contribution in [-0.4, -0.2) is 9.97 Å². The van der Waals surface area contributed by atoms with Gasteiger partial charge in [-0.2, -0.15) is 4.98 Å². The highest BCUT2D eigenvalue weighted by atomic mass is 79.9. The molecule has 0 aliphatic carbocycles. The fourth-order valence-corrected chi connectivity index (χ4v) is 2.06. The largest absolute Gasteiger partial charge is 0.436 e. The number of halogens is 3. The van der Waals surface area contributed by atoms with Gasteiger partial charge in [0.25, 0.3) is 0 Å². The fraction of sp³-hybridized carbons (Fsp3) is 0.167. The standard InChI is InChI=1S/C12H9Br2FN2O/c1-2-11-16-10(14)6-12(17-11)18-9-4-3-7(13)5-8(9)15/h3-6H,2H2,1H3. The molecule has 0 saturated heterocycles. The van der Waals surface area contributed by atoms with Crippen LogP contribution < -0.4 is 4.74 Å². The van der Waals surface area contributed by atoms with Crippen LogP contribution >= 0.6 is 31.9 Å². The molecule has 6 heteroatoms. The second kappa shape index (κ2) is 5.75. The van der Waals surface area contributed by atoms with Gasteiger partial charge in [0, 0.05) is 17.0 Å². The molecule has 0 saturated carbocycles. The van der Waals surface area contributed by atoms with Gasteiger partial charge >= 0.3 is 0 Å². The van der Waals surface area contributed by atoms with Crippen LogP contribution in [0.2, 0.25) is 0 Å². The molecule has 3 nitrogen and oxygen atoms in total. The zero-order chi connectivity index (χ0) is 13.1. The molecule has 0 spiro atoms. The molecule has 0 N–H and O–H groups in total. The van der Waals surface area contributed by atoms with Crippen LogP contribution in [0.4, 0.5) is 4.39 Å². The Morgan fingerprint density at radius 2 is 2.00 bits per heavy atom. The predicted molar refractivity (Wildman–Crippen MR) is 73.3 cm³/mol. The Bertz CT molecular complexity index is 578. The van der Waals surface area contributed by atoms with Gasteiger partial charge in [-0.05, 0) is 34.1 Å². The lowest BCUT2D eigenvalue weighted by Crippen LogP contribution is -1.97. The first-order valence-electron chi connectivity index (χ1n) is 5.25. The van der Waals surface area contributed by atoms with E-state index in [-0.39, 0.29) is 5.75 Å². The third kappa shape index (κ3) is 3.26. The number of hydrogen-bond donors (Lipinski definition) is 0. The van der Waals surface area contributed by atoms with E-state index in [0.717, 1.165) is 0 Å². The molecule has 0 bridgehead atoms. The third-order valence-corrected chi connectivity index (χ3v) is 3.04. The Hall–Kier alpha value is -1.01. The molecule has 0 unspecified atom stereocenters. The molecule has 0 aliphatic rings. The number of ether oxygens (including phenoxy) is 1. The minimum Gasteiger partial charge on any atom is -0.436 e. The summed E-state index contributed by atoms with van der Waals surface area (Å²) in [5.41, 5.74) is 0. The van der Waals surface area contributed by atoms with Gasteiger partial charge in [-0.25, -0.2) is 9.37 Å². The number of rotatable bonds is 3. The molecule has 2 rings (SSSR count). The van der Waals surface area contributed by atoms with Crippen LogP contribution in [-0.2, 0) is 6.42 Å². The Morgan fingerprint density at radius 1 is 1.22 bits per heavy atom. The van der Waals surface area contributed by atoms with E-state index in [9.17, 15) is 4.39 Å². The first-order chi connectivity index (χ1) is 8.58. The van der Waals surface area contributed by atoms with E-state index in [1.165, 1.54) is 6.07 Å². The Morgan fingerprint density at radius 3 is 2.67 bits per heavy atom. The van der Waals surface area contributed by atoms with Crippen molar-refractivity contribution >= 4 is 31.9 Å². The number of aryl methyl sites for hydroxylation is 1. The highest BCUT2D eigenvalue weighted by molar-refractivity contribution is 9.10. The van der Waals surface area contributed by atoms with Crippen molar-refractivity contribution in [2.75, 3.05) is 0 Å². The maximum Gasteiger partial charge on any atom is 0.223 e. The number of hydrogen-bond acceptors (Lipinski definition) is 3. The van der Waals surface area contributed by atoms with Gasteiger partial charge in [-0.15, -0.1) is 0 Å². The lowest BCUT2D eigenvalue weighted by Gasteiger charge is -2.07. The number of aromatic nitrogens is 2. The van der Waals surface area contributed by atoms with Crippen molar-refractivity contribution < 1.29 is 9.13 Å². The van der Waals surface area contributed by atoms with E-state index in [0.29, 0.717) is 27.2 Å². The summed E-state index contributed by atoms with van der Waals surface area (Å²) in [6.45, 7) is 1.94. The maximum atomic E-state index is 13.6. The summed E-state index contributed by atoms with van der Waals surface area (Å²) in [6.07, 6.45) is 0.679. The molecule has 2 aromatic rings. The van der Waals surface area contributed by atoms with E-state index in [1.54, 1.807) is 18.2 Å². The Kier molecular flexibility index (Phi) is 4.29. The smallest absolute Gasteiger partial charge is 0.223 e. The SMILES string of the molecule is CCc1nc(Br)cc(Oc2ccc(Br)cc2F)n1. The van der Waals surface area contributed by atoms with Gasteiger partial charge in [-0.1, -0.05) is 22.9 Å². The maximum absolute atomic E-state index is 13.6. The molecule has 18 heavy (non-hydrogen) atoms. The monoisotopic (exact) mass is 374 g/mol. The molecule has 1 heterocycles. The van der Waals surface area contributed by atoms with Crippen LogP contribution in [0.15, 0.2) is 33.3 Å². The van der Waals surface area contributed by atoms with Gasteiger partial charge in [0.2, 0.25) is 5.88 Å². The molecule has 0 radical (unpaired) electrons. The van der Waals surface area contributed by atoms with Crippen molar-refractivity contribution in [1.82, 2.24) is 9.97 Å². The van der Waals surface area contributed by atoms with Crippen LogP contribution in [0.1, 0.15) is 12.7 Å². The van der Waals surface area contributed by atoms with Crippen LogP contribution in [0.3, 0.4) is 0 Å². The van der Waals surface area contributed by atoms with Gasteiger partial charge in [-0.3, -0.25) is 0 Å². The van der Waals surface area contributed by atoms with E-state index < -0.39 is 5.82 Å². The minimum atomic E-state index is -0.447. The predicted octanol–water partition coefficient (Wildman–Crippen LogP) is 4.50. The van der Waals surface area contributed by atoms with Crippen molar-refractivity contribution in [3.05, 3.63) is 45.0 Å². The lowest BCUT2D eigenvalue weighted by atomic mass is 10.3. The minimum absolute atomic E-state index is 0.130. The summed E-state index contributed by atoms with van der Waals surface area (Å²) in [4.78, 5) is 8.32. The molecule has 1 aromatic heterocycles. The van der Waals surface area contributed by atoms with Gasteiger partial charge in [0.1, 0.15) is 10.4 Å². The topological polar surface area (TPSA) is 35.0 Å². The Labute approximate surface area is 121 Å². The molecule has 0 amide bonds. The Balaban J connectivity index is 2.30. The van der Waals surface area contributed by atoms with Gasteiger partial charge < -0.3 is 4.74 Å². The highest BCUT2D eigenvalue weighted by Gasteiger charge is 2.08. The van der Waals surface area contributed by atoms with Crippen molar-refractivity contribution in [3.63, 3.8) is 0 Å². The van der Waals surface area contributed by atoms with Crippen molar-refractivity contribution in [2.45, 2.75) is 13.3 Å². The highest BCUT2D eigenvalue weighted by Crippen LogP contribution is 2.26. The zero-order valence-electron chi connectivity index (χ0n) is 9.45. The van der Waals surface area contributed by atoms with Crippen molar-refractivity contribution in [3.8, 4) is 11.6 Å². The quantitative estimate of drug-likeness (QED) is 0.741. The van der Waals surface area contributed by atoms with Gasteiger partial charge in [0.05, 0.1) is 0 Å². The molecular formula is C12H9Br2FN2O. The number of benzene rings is 1. The summed E-state index contributed by atoms with van der Waals surface area (Å²) >= 11 is 6.45. The lowest BCUT2D eigenvalue weighted by molar-refractivity contribution is 0.424. The summed E-state index contributed by atoms with van der Waals surface area (Å²) in [5.74, 6) is 0.634. The first-order valence-corrected chi connectivity index (χ1v) is 6.83. The van der Waals surface area contributed by atoms with Crippen LogP contribution in [0, 0.1) is 5.82 Å². The summed E-state index contributed by atoms with van der Waals surface area (Å²) in [6, 6.07) is 6.18. The molecule has 0 atom stereocenters. The van der Waals surface area contributed by atoms with Crippen LogP contribution in [0.25, 0.3) is 0 Å². The van der Waals surface area contributed by atoms with Crippen molar-refractivity contribution in [2.24, 2.45) is 0 Å². The van der Waals surface area contributed by atoms with Crippen LogP contribution in [0.5, 0.6) is 11.6 Å². The van der Waals surface area contributed by atoms with E-state index >= 15 is 0 Å². The van der Waals surface area contributed by atoms with E-state index in [2.05, 4.69) is 41.8 Å². The first kappa shape index (κ1) is 13.4. The van der Waals surface area contributed by atoms with E-state index in [4.69, 9.17) is 4.74 Å². The normalized spacial score (nSPS) is 10.4. The second-order valence-electron chi connectivity index (χ2n) is 3.48. The molecule has 94 valence electrons. The van der Waals surface area contributed by atoms with E-state index in [1.807, 2.05) is 6.92 Å². The summed E-state index contributed by atoms with van der Waals surface area (Å²) < 4.78 is 20.3. The third-order valence-electron chi connectivity index (χ3n) is 2.14. The molecular weight excluding hydrogens is 367 g/mol. The summed E-state index contributed by atoms with van der Waals surface area (Å²) in [7, 11) is 0. The molecule has 0 aliphatic heterocycles. The number of nitrogens with zero attached hydrogens (tertiary/aromatic N) is 2. The molecule has 0 fully saturated rings. The molecule has 1 aromatic carbocycles. The average Bonchev–Trinajstić information content (AvgIpc) is 2.32. The van der Waals surface area contributed by atoms with Gasteiger partial charge in [0.15, 0.2) is 11.6 Å². The zero-order valence-corrected chi connectivity index (χ0v) is 12.6. The fourth-order valence-electron chi connectivity index (χ4n) is 1.32. The average molecular weight is 376 g/mol. The van der Waals surface area contributed by atoms with Crippen molar-refractivity contribution in [1.29, 1.82) is 0 Å². The summed E-state index contributed by atoms with van der Waals surface area (Å²) in [5, 5.41) is 0. The second-order valence-corrected chi connectivity index (χ2v) is 5.20.